The summed E-state index contributed by atoms with van der Waals surface area (Å²) in [6.45, 7) is 2.64. The summed E-state index contributed by atoms with van der Waals surface area (Å²) in [7, 11) is 1.82. The van der Waals surface area contributed by atoms with Crippen molar-refractivity contribution in [2.45, 2.75) is 6.04 Å². The average molecular weight is 234 g/mol. The largest absolute Gasteiger partial charge is 0.378 e. The molecule has 4 heteroatoms. The molecular weight excluding hydrogens is 216 g/mol. The van der Waals surface area contributed by atoms with Gasteiger partial charge in [0.15, 0.2) is 0 Å². The van der Waals surface area contributed by atoms with Crippen LogP contribution in [0.3, 0.4) is 0 Å². The van der Waals surface area contributed by atoms with Crippen molar-refractivity contribution in [1.29, 1.82) is 0 Å². The monoisotopic (exact) mass is 234 g/mol. The number of morpholine rings is 1. The van der Waals surface area contributed by atoms with Crippen LogP contribution >= 0.6 is 0 Å². The first-order valence-corrected chi connectivity index (χ1v) is 5.91. The van der Waals surface area contributed by atoms with Gasteiger partial charge in [-0.2, -0.15) is 0 Å². The molecule has 0 bridgehead atoms. The number of amides is 1. The molecule has 2 rings (SSSR count). The normalized spacial score (nSPS) is 17.8. The zero-order valence-corrected chi connectivity index (χ0v) is 10.1. The molecule has 0 saturated carbocycles. The first kappa shape index (κ1) is 12.1. The Bertz CT molecular complexity index is 361. The Kier molecular flexibility index (Phi) is 4.12. The van der Waals surface area contributed by atoms with Gasteiger partial charge in [-0.3, -0.25) is 4.79 Å². The van der Waals surface area contributed by atoms with E-state index in [0.29, 0.717) is 26.3 Å². The number of carbonyl (C=O) groups is 1. The fraction of sp³-hybridized carbons (Fsp3) is 0.462. The van der Waals surface area contributed by atoms with Gasteiger partial charge in [0.1, 0.15) is 6.04 Å². The van der Waals surface area contributed by atoms with Crippen LogP contribution in [0.15, 0.2) is 30.3 Å². The van der Waals surface area contributed by atoms with Crippen molar-refractivity contribution >= 4 is 5.91 Å². The second-order valence-corrected chi connectivity index (χ2v) is 4.07. The Balaban J connectivity index is 2.10. The number of hydrogen-bond acceptors (Lipinski definition) is 3. The summed E-state index contributed by atoms with van der Waals surface area (Å²) >= 11 is 0. The molecule has 1 N–H and O–H groups in total. The summed E-state index contributed by atoms with van der Waals surface area (Å²) in [6.07, 6.45) is 0. The van der Waals surface area contributed by atoms with E-state index in [0.717, 1.165) is 5.56 Å². The van der Waals surface area contributed by atoms with E-state index in [-0.39, 0.29) is 11.9 Å². The van der Waals surface area contributed by atoms with Gasteiger partial charge < -0.3 is 15.0 Å². The lowest BCUT2D eigenvalue weighted by atomic mass is 10.1. The van der Waals surface area contributed by atoms with Gasteiger partial charge in [-0.1, -0.05) is 30.3 Å². The number of rotatable bonds is 3. The maximum absolute atomic E-state index is 12.3. The molecule has 17 heavy (non-hydrogen) atoms. The minimum Gasteiger partial charge on any atom is -0.378 e. The van der Waals surface area contributed by atoms with Crippen LogP contribution in [0, 0.1) is 0 Å². The summed E-state index contributed by atoms with van der Waals surface area (Å²) in [6, 6.07) is 9.54. The maximum Gasteiger partial charge on any atom is 0.244 e. The van der Waals surface area contributed by atoms with Crippen LogP contribution in [0.2, 0.25) is 0 Å². The van der Waals surface area contributed by atoms with E-state index in [1.165, 1.54) is 0 Å². The standard InChI is InChI=1S/C13H18N2O2/c1-14-12(11-5-3-2-4-6-11)13(16)15-7-9-17-10-8-15/h2-6,12,14H,7-10H2,1H3. The quantitative estimate of drug-likeness (QED) is 0.841. The van der Waals surface area contributed by atoms with Gasteiger partial charge in [0.25, 0.3) is 0 Å². The van der Waals surface area contributed by atoms with Crippen molar-refractivity contribution < 1.29 is 9.53 Å². The lowest BCUT2D eigenvalue weighted by Gasteiger charge is -2.30. The molecular formula is C13H18N2O2. The third-order valence-corrected chi connectivity index (χ3v) is 2.99. The third kappa shape index (κ3) is 2.84. The minimum atomic E-state index is -0.255. The SMILES string of the molecule is CNC(C(=O)N1CCOCC1)c1ccccc1. The molecule has 4 nitrogen and oxygen atoms in total. The molecule has 1 unspecified atom stereocenters. The molecule has 1 amide bonds. The smallest absolute Gasteiger partial charge is 0.244 e. The number of nitrogens with zero attached hydrogens (tertiary/aromatic N) is 1. The summed E-state index contributed by atoms with van der Waals surface area (Å²) < 4.78 is 5.25. The Morgan fingerprint density at radius 2 is 1.94 bits per heavy atom. The molecule has 0 radical (unpaired) electrons. The van der Waals surface area contributed by atoms with Crippen LogP contribution in [-0.4, -0.2) is 44.2 Å². The molecule has 1 saturated heterocycles. The van der Waals surface area contributed by atoms with E-state index in [4.69, 9.17) is 4.74 Å². The van der Waals surface area contributed by atoms with E-state index in [1.807, 2.05) is 42.3 Å². The first-order chi connectivity index (χ1) is 8.33. The molecule has 1 fully saturated rings. The molecule has 1 aromatic rings. The Morgan fingerprint density at radius 3 is 2.53 bits per heavy atom. The molecule has 1 heterocycles. The fourth-order valence-corrected chi connectivity index (χ4v) is 2.04. The second kappa shape index (κ2) is 5.80. The van der Waals surface area contributed by atoms with E-state index in [1.54, 1.807) is 0 Å². The summed E-state index contributed by atoms with van der Waals surface area (Å²) in [5.74, 6) is 0.127. The van der Waals surface area contributed by atoms with E-state index < -0.39 is 0 Å². The van der Waals surface area contributed by atoms with Crippen molar-refractivity contribution in [2.24, 2.45) is 0 Å². The number of benzene rings is 1. The number of likely N-dealkylation sites (N-methyl/N-ethyl adjacent to an activating group) is 1. The van der Waals surface area contributed by atoms with Gasteiger partial charge in [-0.15, -0.1) is 0 Å². The number of carbonyl (C=O) groups excluding carboxylic acids is 1. The van der Waals surface area contributed by atoms with Crippen molar-refractivity contribution in [1.82, 2.24) is 10.2 Å². The van der Waals surface area contributed by atoms with Crippen molar-refractivity contribution in [3.63, 3.8) is 0 Å². The molecule has 1 atom stereocenters. The lowest BCUT2D eigenvalue weighted by Crippen LogP contribution is -2.45. The molecule has 1 aromatic carbocycles. The average Bonchev–Trinajstić information content (AvgIpc) is 2.42. The summed E-state index contributed by atoms with van der Waals surface area (Å²) in [5.41, 5.74) is 1.01. The molecule has 0 spiro atoms. The van der Waals surface area contributed by atoms with Gasteiger partial charge in [-0.05, 0) is 12.6 Å². The number of nitrogens with one attached hydrogen (secondary N) is 1. The van der Waals surface area contributed by atoms with Gasteiger partial charge in [0.05, 0.1) is 13.2 Å². The Morgan fingerprint density at radius 1 is 1.29 bits per heavy atom. The predicted molar refractivity (Wildman–Crippen MR) is 65.6 cm³/mol. The first-order valence-electron chi connectivity index (χ1n) is 5.91. The Labute approximate surface area is 102 Å². The van der Waals surface area contributed by atoms with Crippen molar-refractivity contribution in [3.8, 4) is 0 Å². The highest BCUT2D eigenvalue weighted by molar-refractivity contribution is 5.83. The van der Waals surface area contributed by atoms with E-state index >= 15 is 0 Å². The molecule has 1 aliphatic heterocycles. The highest BCUT2D eigenvalue weighted by Gasteiger charge is 2.25. The fourth-order valence-electron chi connectivity index (χ4n) is 2.04. The van der Waals surface area contributed by atoms with Crippen LogP contribution in [0.5, 0.6) is 0 Å². The van der Waals surface area contributed by atoms with Gasteiger partial charge in [0.2, 0.25) is 5.91 Å². The number of hydrogen-bond donors (Lipinski definition) is 1. The topological polar surface area (TPSA) is 41.6 Å². The highest BCUT2D eigenvalue weighted by atomic mass is 16.5. The van der Waals surface area contributed by atoms with Gasteiger partial charge in [-0.25, -0.2) is 0 Å². The maximum atomic E-state index is 12.3. The predicted octanol–water partition coefficient (Wildman–Crippen LogP) is 0.806. The van der Waals surface area contributed by atoms with Crippen LogP contribution < -0.4 is 5.32 Å². The van der Waals surface area contributed by atoms with Crippen LogP contribution in [0.4, 0.5) is 0 Å². The van der Waals surface area contributed by atoms with Crippen molar-refractivity contribution in [2.75, 3.05) is 33.4 Å². The minimum absolute atomic E-state index is 0.127. The third-order valence-electron chi connectivity index (χ3n) is 2.99. The van der Waals surface area contributed by atoms with E-state index in [9.17, 15) is 4.79 Å². The zero-order valence-electron chi connectivity index (χ0n) is 10.1. The molecule has 0 aromatic heterocycles. The molecule has 1 aliphatic rings. The number of ether oxygens (including phenoxy) is 1. The highest BCUT2D eigenvalue weighted by Crippen LogP contribution is 2.15. The Hall–Kier alpha value is -1.39. The summed E-state index contributed by atoms with van der Waals surface area (Å²) in [4.78, 5) is 14.2. The second-order valence-electron chi connectivity index (χ2n) is 4.07. The van der Waals surface area contributed by atoms with Crippen molar-refractivity contribution in [3.05, 3.63) is 35.9 Å². The van der Waals surface area contributed by atoms with Crippen LogP contribution in [-0.2, 0) is 9.53 Å². The molecule has 92 valence electrons. The van der Waals surface area contributed by atoms with Crippen LogP contribution in [0.25, 0.3) is 0 Å². The van der Waals surface area contributed by atoms with Gasteiger partial charge in [0, 0.05) is 13.1 Å². The molecule has 0 aliphatic carbocycles. The lowest BCUT2D eigenvalue weighted by molar-refractivity contribution is -0.137. The summed E-state index contributed by atoms with van der Waals surface area (Å²) in [5, 5.41) is 3.08. The van der Waals surface area contributed by atoms with Gasteiger partial charge >= 0.3 is 0 Å². The van der Waals surface area contributed by atoms with E-state index in [2.05, 4.69) is 5.32 Å². The zero-order chi connectivity index (χ0) is 12.1. The van der Waals surface area contributed by atoms with Crippen LogP contribution in [0.1, 0.15) is 11.6 Å².